The number of ether oxygens (including phenoxy) is 1. The van der Waals surface area contributed by atoms with Crippen molar-refractivity contribution in [3.05, 3.63) is 83.4 Å². The maximum atomic E-state index is 13.4. The largest absolute Gasteiger partial charge is 0.489 e. The van der Waals surface area contributed by atoms with Crippen LogP contribution in [0.1, 0.15) is 43.2 Å². The first-order valence-electron chi connectivity index (χ1n) is 12.3. The predicted molar refractivity (Wildman–Crippen MR) is 151 cm³/mol. The fourth-order valence-electron chi connectivity index (χ4n) is 4.81. The molecule has 5 rings (SSSR count). The molecule has 2 aliphatic rings. The Kier molecular flexibility index (Phi) is 7.39. The summed E-state index contributed by atoms with van der Waals surface area (Å²) >= 11 is 7.05. The topological polar surface area (TPSA) is 47.4 Å². The molecular weight excluding hydrogens is 486 g/mol. The molecule has 2 fully saturated rings. The zero-order chi connectivity index (χ0) is 25.1. The van der Waals surface area contributed by atoms with Crippen LogP contribution in [0.25, 0.3) is 23.0 Å². The number of aryl methyl sites for hydroxylation is 1. The van der Waals surface area contributed by atoms with Gasteiger partial charge in [-0.2, -0.15) is 5.10 Å². The molecule has 36 heavy (non-hydrogen) atoms. The van der Waals surface area contributed by atoms with Crippen LogP contribution in [0.4, 0.5) is 0 Å². The summed E-state index contributed by atoms with van der Waals surface area (Å²) in [6.45, 7) is 6.20. The lowest BCUT2D eigenvalue weighted by Crippen LogP contribution is -2.39. The summed E-state index contributed by atoms with van der Waals surface area (Å²) in [6.07, 6.45) is 11.3. The molecular formula is C29H29N3O2S2. The van der Waals surface area contributed by atoms with Gasteiger partial charge >= 0.3 is 0 Å². The standard InChI is InChI=1S/C29H29N3O2S2/c1-3-16-34-25-15-14-21(17-20(25)2)27-22(19-31(30-27)23-10-6-4-7-11-23)18-26-28(33)32(29(35)36-26)24-12-8-5-9-13-24/h3-4,6-7,10-11,14-15,17-19,24H,1,5,8-9,12-13,16H2,2H3/b26-18-. The van der Waals surface area contributed by atoms with Crippen molar-refractivity contribution < 1.29 is 9.53 Å². The van der Waals surface area contributed by atoms with E-state index in [-0.39, 0.29) is 11.9 Å². The summed E-state index contributed by atoms with van der Waals surface area (Å²) in [5.41, 5.74) is 4.61. The van der Waals surface area contributed by atoms with Crippen molar-refractivity contribution in [3.63, 3.8) is 0 Å². The van der Waals surface area contributed by atoms with Crippen molar-refractivity contribution in [2.75, 3.05) is 6.61 Å². The van der Waals surface area contributed by atoms with Gasteiger partial charge in [0.05, 0.1) is 10.6 Å². The zero-order valence-electron chi connectivity index (χ0n) is 20.4. The normalized spacial score (nSPS) is 17.7. The molecule has 2 aromatic carbocycles. The lowest BCUT2D eigenvalue weighted by molar-refractivity contribution is -0.124. The van der Waals surface area contributed by atoms with Crippen LogP contribution in [0.5, 0.6) is 5.75 Å². The van der Waals surface area contributed by atoms with Gasteiger partial charge in [-0.1, -0.05) is 74.1 Å². The number of rotatable bonds is 7. The fraction of sp³-hybridized carbons (Fsp3) is 0.276. The van der Waals surface area contributed by atoms with Crippen LogP contribution >= 0.6 is 24.0 Å². The van der Waals surface area contributed by atoms with Crippen molar-refractivity contribution in [2.24, 2.45) is 0 Å². The molecule has 3 aromatic rings. The third-order valence-corrected chi connectivity index (χ3v) is 7.95. The second-order valence-corrected chi connectivity index (χ2v) is 10.8. The number of hydrogen-bond donors (Lipinski definition) is 0. The highest BCUT2D eigenvalue weighted by Gasteiger charge is 2.37. The SMILES string of the molecule is C=CCOc1ccc(-c2nn(-c3ccccc3)cc2/C=C2\SC(=S)N(C3CCCCC3)C2=O)cc1C. The van der Waals surface area contributed by atoms with Gasteiger partial charge in [-0.25, -0.2) is 4.68 Å². The number of nitrogens with zero attached hydrogens (tertiary/aromatic N) is 3. The van der Waals surface area contributed by atoms with Crippen molar-refractivity contribution >= 4 is 40.3 Å². The minimum absolute atomic E-state index is 0.0136. The summed E-state index contributed by atoms with van der Waals surface area (Å²) in [5.74, 6) is 0.829. The number of thioether (sulfide) groups is 1. The molecule has 1 saturated carbocycles. The highest BCUT2D eigenvalue weighted by Crippen LogP contribution is 2.39. The van der Waals surface area contributed by atoms with Gasteiger partial charge in [-0.15, -0.1) is 0 Å². The third-order valence-electron chi connectivity index (χ3n) is 6.62. The number of para-hydroxylation sites is 1. The van der Waals surface area contributed by atoms with Crippen LogP contribution in [-0.2, 0) is 4.79 Å². The molecule has 0 bridgehead atoms. The van der Waals surface area contributed by atoms with E-state index in [9.17, 15) is 4.79 Å². The molecule has 1 aromatic heterocycles. The molecule has 0 N–H and O–H groups in total. The van der Waals surface area contributed by atoms with Crippen LogP contribution in [0.2, 0.25) is 0 Å². The minimum atomic E-state index is 0.0136. The van der Waals surface area contributed by atoms with E-state index in [0.717, 1.165) is 59.5 Å². The van der Waals surface area contributed by atoms with Gasteiger partial charge in [0, 0.05) is 23.4 Å². The molecule has 1 aliphatic heterocycles. The molecule has 0 unspecified atom stereocenters. The molecule has 1 aliphatic carbocycles. The van der Waals surface area contributed by atoms with Crippen LogP contribution in [0, 0.1) is 6.92 Å². The Bertz CT molecular complexity index is 1320. The maximum Gasteiger partial charge on any atom is 0.266 e. The van der Waals surface area contributed by atoms with Crippen LogP contribution < -0.4 is 4.74 Å². The molecule has 2 heterocycles. The Morgan fingerprint density at radius 1 is 1.17 bits per heavy atom. The van der Waals surface area contributed by atoms with E-state index in [1.165, 1.54) is 18.2 Å². The Balaban J connectivity index is 1.53. The van der Waals surface area contributed by atoms with E-state index in [1.54, 1.807) is 6.08 Å². The number of aromatic nitrogens is 2. The Labute approximate surface area is 221 Å². The molecule has 0 radical (unpaired) electrons. The zero-order valence-corrected chi connectivity index (χ0v) is 22.0. The molecule has 5 nitrogen and oxygen atoms in total. The summed E-state index contributed by atoms with van der Waals surface area (Å²) in [7, 11) is 0. The summed E-state index contributed by atoms with van der Waals surface area (Å²) in [4.78, 5) is 15.9. The monoisotopic (exact) mass is 515 g/mol. The highest BCUT2D eigenvalue weighted by molar-refractivity contribution is 8.26. The van der Waals surface area contributed by atoms with Crippen molar-refractivity contribution in [1.82, 2.24) is 14.7 Å². The van der Waals surface area contributed by atoms with E-state index in [2.05, 4.69) is 12.6 Å². The van der Waals surface area contributed by atoms with E-state index in [1.807, 2.05) is 71.2 Å². The number of carbonyl (C=O) groups excluding carboxylic acids is 1. The molecule has 7 heteroatoms. The lowest BCUT2D eigenvalue weighted by Gasteiger charge is -2.29. The average molecular weight is 516 g/mol. The number of amides is 1. The smallest absolute Gasteiger partial charge is 0.266 e. The van der Waals surface area contributed by atoms with Gasteiger partial charge in [0.2, 0.25) is 0 Å². The van der Waals surface area contributed by atoms with Crippen molar-refractivity contribution in [2.45, 2.75) is 45.1 Å². The molecule has 0 atom stereocenters. The van der Waals surface area contributed by atoms with Gasteiger partial charge in [0.15, 0.2) is 0 Å². The summed E-state index contributed by atoms with van der Waals surface area (Å²) in [6, 6.07) is 16.2. The molecule has 1 amide bonds. The molecule has 0 spiro atoms. The van der Waals surface area contributed by atoms with Crippen molar-refractivity contribution in [3.8, 4) is 22.7 Å². The van der Waals surface area contributed by atoms with Gasteiger partial charge in [0.25, 0.3) is 5.91 Å². The van der Waals surface area contributed by atoms with E-state index < -0.39 is 0 Å². The van der Waals surface area contributed by atoms with Gasteiger partial charge in [0.1, 0.15) is 22.4 Å². The van der Waals surface area contributed by atoms with Gasteiger partial charge in [-0.05, 0) is 61.7 Å². The highest BCUT2D eigenvalue weighted by atomic mass is 32.2. The maximum absolute atomic E-state index is 13.4. The van der Waals surface area contributed by atoms with Crippen LogP contribution in [0.15, 0.2) is 72.3 Å². The number of benzene rings is 2. The van der Waals surface area contributed by atoms with E-state index in [0.29, 0.717) is 15.8 Å². The van der Waals surface area contributed by atoms with Gasteiger partial charge in [-0.3, -0.25) is 9.69 Å². The van der Waals surface area contributed by atoms with Gasteiger partial charge < -0.3 is 4.74 Å². The Morgan fingerprint density at radius 3 is 2.67 bits per heavy atom. The average Bonchev–Trinajstić information content (AvgIpc) is 3.44. The number of hydrogen-bond acceptors (Lipinski definition) is 5. The number of carbonyl (C=O) groups is 1. The summed E-state index contributed by atoms with van der Waals surface area (Å²) in [5, 5.41) is 4.93. The second kappa shape index (κ2) is 10.8. The second-order valence-electron chi connectivity index (χ2n) is 9.14. The molecule has 184 valence electrons. The first-order valence-corrected chi connectivity index (χ1v) is 13.5. The fourth-order valence-corrected chi connectivity index (χ4v) is 6.20. The van der Waals surface area contributed by atoms with Crippen LogP contribution in [-0.4, -0.2) is 37.6 Å². The Morgan fingerprint density at radius 2 is 1.94 bits per heavy atom. The third kappa shape index (κ3) is 5.04. The van der Waals surface area contributed by atoms with Crippen molar-refractivity contribution in [1.29, 1.82) is 0 Å². The first kappa shape index (κ1) is 24.5. The number of thiocarbonyl (C=S) groups is 1. The quantitative estimate of drug-likeness (QED) is 0.194. The molecule has 1 saturated heterocycles. The predicted octanol–water partition coefficient (Wildman–Crippen LogP) is 6.95. The lowest BCUT2D eigenvalue weighted by atomic mass is 9.94. The van der Waals surface area contributed by atoms with Crippen LogP contribution in [0.3, 0.4) is 0 Å². The van der Waals surface area contributed by atoms with E-state index in [4.69, 9.17) is 22.1 Å². The summed E-state index contributed by atoms with van der Waals surface area (Å²) < 4.78 is 8.28. The Hall–Kier alpha value is -3.16. The minimum Gasteiger partial charge on any atom is -0.489 e. The van der Waals surface area contributed by atoms with E-state index >= 15 is 0 Å². The first-order chi connectivity index (χ1) is 17.5.